The number of hydrogen-bond donors (Lipinski definition) is 0. The standard InChI is InChI=1S/C30H47ClO4S/c1-2-3-4-5-6-7-8-9-10-11-12-13-14-15-16-23-28-36(35-31(32,33)34,29-24-19-17-20-25-29)30-26-21-18-22-27-30/h17-22,24-27H,2-16,23,28H2,1H3. The Morgan fingerprint density at radius 1 is 0.528 bits per heavy atom. The second-order valence-corrected chi connectivity index (χ2v) is 13.7. The summed E-state index contributed by atoms with van der Waals surface area (Å²) in [6, 6.07) is 18.7. The van der Waals surface area contributed by atoms with Crippen LogP contribution >= 0.6 is 10.3 Å². The summed E-state index contributed by atoms with van der Waals surface area (Å²) < 4.78 is 40.7. The molecule has 0 aromatic heterocycles. The van der Waals surface area contributed by atoms with Gasteiger partial charge in [-0.15, -0.1) is 0 Å². The molecule has 0 atom stereocenters. The lowest BCUT2D eigenvalue weighted by atomic mass is 10.0. The molecule has 0 amide bonds. The molecule has 0 aliphatic heterocycles. The summed E-state index contributed by atoms with van der Waals surface area (Å²) in [6.45, 7) is 2.27. The highest BCUT2D eigenvalue weighted by Crippen LogP contribution is 2.64. The molecule has 2 rings (SSSR count). The maximum Gasteiger partial charge on any atom is 0.130 e. The predicted molar refractivity (Wildman–Crippen MR) is 143 cm³/mol. The first-order valence-electron chi connectivity index (χ1n) is 14.0. The third kappa shape index (κ3) is 12.4. The highest BCUT2D eigenvalue weighted by Gasteiger charge is 2.43. The van der Waals surface area contributed by atoms with Gasteiger partial charge in [0.1, 0.15) is 3.74 Å². The number of benzene rings is 2. The van der Waals surface area contributed by atoms with Crippen LogP contribution in [0.1, 0.15) is 110 Å². The van der Waals surface area contributed by atoms with Crippen molar-refractivity contribution in [3.05, 3.63) is 60.7 Å². The summed E-state index contributed by atoms with van der Waals surface area (Å²) in [6.07, 6.45) is 20.5. The van der Waals surface area contributed by atoms with Crippen molar-refractivity contribution in [3.63, 3.8) is 0 Å². The maximum atomic E-state index is 11.8. The minimum atomic E-state index is -4.55. The normalized spacial score (nSPS) is 12.7. The molecule has 0 aliphatic rings. The first kappa shape index (κ1) is 31.1. The predicted octanol–water partition coefficient (Wildman–Crippen LogP) is 7.00. The van der Waals surface area contributed by atoms with E-state index in [0.717, 1.165) is 29.1 Å². The van der Waals surface area contributed by atoms with Gasteiger partial charge in [0.15, 0.2) is 0 Å². The molecule has 0 spiro atoms. The average Bonchev–Trinajstić information content (AvgIpc) is 2.88. The van der Waals surface area contributed by atoms with Crippen LogP contribution in [0.2, 0.25) is 0 Å². The van der Waals surface area contributed by atoms with Crippen LogP contribution in [0.5, 0.6) is 0 Å². The second-order valence-electron chi connectivity index (χ2n) is 9.75. The molecule has 0 saturated heterocycles. The summed E-state index contributed by atoms with van der Waals surface area (Å²) in [7, 11) is -7.00. The Balaban J connectivity index is 1.71. The number of halogens is 1. The summed E-state index contributed by atoms with van der Waals surface area (Å²) in [5.41, 5.74) is 0. The van der Waals surface area contributed by atoms with E-state index in [0.29, 0.717) is 5.75 Å². The van der Waals surface area contributed by atoms with Crippen molar-refractivity contribution in [3.8, 4) is 0 Å². The van der Waals surface area contributed by atoms with Crippen molar-refractivity contribution in [2.24, 2.45) is 0 Å². The minimum Gasteiger partial charge on any atom is -0.182 e. The van der Waals surface area contributed by atoms with Crippen molar-refractivity contribution in [1.29, 1.82) is 0 Å². The van der Waals surface area contributed by atoms with Crippen LogP contribution in [0.4, 0.5) is 0 Å². The zero-order chi connectivity index (χ0) is 26.0. The molecule has 0 radical (unpaired) electrons. The van der Waals surface area contributed by atoms with Gasteiger partial charge in [-0.25, -0.2) is 0 Å². The Labute approximate surface area is 223 Å². The molecule has 0 unspecified atom stereocenters. The van der Waals surface area contributed by atoms with Crippen LogP contribution in [0, 0.1) is 10.2 Å². The van der Waals surface area contributed by atoms with Crippen molar-refractivity contribution in [1.82, 2.24) is 0 Å². The molecule has 6 heteroatoms. The van der Waals surface area contributed by atoms with E-state index in [1.165, 1.54) is 83.5 Å². The lowest BCUT2D eigenvalue weighted by Crippen LogP contribution is -2.61. The van der Waals surface area contributed by atoms with Gasteiger partial charge in [0.25, 0.3) is 0 Å². The molecule has 0 bridgehead atoms. The smallest absolute Gasteiger partial charge is 0.130 e. The van der Waals surface area contributed by atoms with E-state index in [2.05, 4.69) is 6.92 Å². The van der Waals surface area contributed by atoms with Gasteiger partial charge >= 0.3 is 0 Å². The lowest BCUT2D eigenvalue weighted by molar-refractivity contribution is -1.91. The summed E-state index contributed by atoms with van der Waals surface area (Å²) in [5, 5.41) is 0. The zero-order valence-corrected chi connectivity index (χ0v) is 23.8. The van der Waals surface area contributed by atoms with E-state index in [1.54, 1.807) is 0 Å². The van der Waals surface area contributed by atoms with Crippen molar-refractivity contribution < 1.29 is 28.0 Å². The summed E-state index contributed by atoms with van der Waals surface area (Å²) in [4.78, 5) is 1.54. The van der Waals surface area contributed by atoms with Crippen molar-refractivity contribution in [2.45, 2.75) is 119 Å². The van der Waals surface area contributed by atoms with E-state index in [1.807, 2.05) is 60.7 Å². The maximum absolute atomic E-state index is 11.8. The highest BCUT2D eigenvalue weighted by atomic mass is 35.7. The van der Waals surface area contributed by atoms with Gasteiger partial charge in [-0.1, -0.05) is 140 Å². The highest BCUT2D eigenvalue weighted by molar-refractivity contribution is 8.29. The average molecular weight is 539 g/mol. The molecule has 0 aliphatic carbocycles. The number of rotatable bonds is 21. The molecule has 4 nitrogen and oxygen atoms in total. The second kappa shape index (κ2) is 18.2. The fraction of sp³-hybridized carbons (Fsp3) is 0.600. The van der Waals surface area contributed by atoms with Gasteiger partial charge in [0, 0.05) is 15.5 Å². The molecular weight excluding hydrogens is 492 g/mol. The van der Waals surface area contributed by atoms with Gasteiger partial charge in [-0.2, -0.15) is 14.0 Å². The van der Waals surface area contributed by atoms with E-state index in [4.69, 9.17) is 3.74 Å². The number of hydrogen-bond acceptors (Lipinski definition) is 4. The Bertz CT molecular complexity index is 743. The van der Waals surface area contributed by atoms with E-state index in [9.17, 15) is 14.0 Å². The van der Waals surface area contributed by atoms with Crippen LogP contribution < -0.4 is 14.0 Å². The minimum absolute atomic E-state index is 0.522. The topological polar surface area (TPSA) is 78.4 Å². The van der Waals surface area contributed by atoms with Crippen LogP contribution in [0.25, 0.3) is 0 Å². The van der Waals surface area contributed by atoms with Gasteiger partial charge in [-0.3, -0.25) is 0 Å². The van der Waals surface area contributed by atoms with E-state index < -0.39 is 20.6 Å². The van der Waals surface area contributed by atoms with Crippen LogP contribution in [-0.2, 0) is 3.74 Å². The third-order valence-corrected chi connectivity index (χ3v) is 11.1. The third-order valence-electron chi connectivity index (χ3n) is 6.72. The first-order chi connectivity index (χ1) is 17.5. The molecule has 36 heavy (non-hydrogen) atoms. The van der Waals surface area contributed by atoms with Gasteiger partial charge in [0.05, 0.1) is 20.6 Å². The fourth-order valence-corrected chi connectivity index (χ4v) is 9.18. The van der Waals surface area contributed by atoms with Gasteiger partial charge in [-0.05, 0) is 30.7 Å². The molecule has 2 aromatic carbocycles. The Morgan fingerprint density at radius 3 is 1.19 bits per heavy atom. The molecule has 0 N–H and O–H groups in total. The van der Waals surface area contributed by atoms with Gasteiger partial charge in [0.2, 0.25) is 0 Å². The quantitative estimate of drug-likeness (QED) is 0.160. The van der Waals surface area contributed by atoms with Gasteiger partial charge < -0.3 is 0 Å². The molecule has 204 valence electrons. The van der Waals surface area contributed by atoms with Crippen LogP contribution in [-0.4, -0.2) is 5.75 Å². The first-order valence-corrected chi connectivity index (χ1v) is 17.0. The van der Waals surface area contributed by atoms with Crippen molar-refractivity contribution in [2.75, 3.05) is 5.75 Å². The SMILES string of the molecule is CCCCCCCCCCCCCCCCCCS(O[Cl+3]([O-])([O-])[O-])(c1ccccc1)c1ccccc1. The van der Waals surface area contributed by atoms with E-state index in [-0.39, 0.29) is 0 Å². The molecule has 2 aromatic rings. The monoisotopic (exact) mass is 538 g/mol. The summed E-state index contributed by atoms with van der Waals surface area (Å²) in [5.74, 6) is 0.522. The largest absolute Gasteiger partial charge is 0.182 e. The number of unbranched alkanes of at least 4 members (excludes halogenated alkanes) is 15. The summed E-state index contributed by atoms with van der Waals surface area (Å²) >= 11 is 0. The molecule has 0 fully saturated rings. The van der Waals surface area contributed by atoms with Crippen LogP contribution in [0.3, 0.4) is 0 Å². The van der Waals surface area contributed by atoms with Crippen LogP contribution in [0.15, 0.2) is 70.5 Å². The molecule has 0 saturated carbocycles. The molecule has 0 heterocycles. The van der Waals surface area contributed by atoms with E-state index >= 15 is 0 Å². The van der Waals surface area contributed by atoms with Crippen molar-refractivity contribution >= 4 is 10.3 Å². The Morgan fingerprint density at radius 2 is 0.861 bits per heavy atom. The zero-order valence-electron chi connectivity index (χ0n) is 22.2. The molecular formula is C30H47ClO4S. The fourth-order valence-electron chi connectivity index (χ4n) is 4.74. The Hall–Kier alpha value is -1.08. The Kier molecular flexibility index (Phi) is 15.8. The lowest BCUT2D eigenvalue weighted by Gasteiger charge is -2.34.